The molecular formula is C19H31N3O2. The lowest BCUT2D eigenvalue weighted by Crippen LogP contribution is -2.46. The van der Waals surface area contributed by atoms with Crippen molar-refractivity contribution in [1.29, 1.82) is 0 Å². The SMILES string of the molecule is Cc1cccc(C(CNC(=O)NCCC(C)C)N2CCOCC2)c1. The van der Waals surface area contributed by atoms with Gasteiger partial charge in [0.25, 0.3) is 0 Å². The number of amides is 2. The molecule has 1 aliphatic heterocycles. The number of hydrogen-bond acceptors (Lipinski definition) is 3. The lowest BCUT2D eigenvalue weighted by Gasteiger charge is -2.35. The lowest BCUT2D eigenvalue weighted by atomic mass is 10.0. The van der Waals surface area contributed by atoms with Crippen LogP contribution in [0.3, 0.4) is 0 Å². The molecule has 2 N–H and O–H groups in total. The minimum absolute atomic E-state index is 0.0819. The lowest BCUT2D eigenvalue weighted by molar-refractivity contribution is 0.0167. The normalized spacial score (nSPS) is 16.8. The maximum absolute atomic E-state index is 12.0. The zero-order valence-electron chi connectivity index (χ0n) is 15.2. The summed E-state index contributed by atoms with van der Waals surface area (Å²) < 4.78 is 5.47. The molecule has 2 rings (SSSR count). The number of benzene rings is 1. The van der Waals surface area contributed by atoms with Gasteiger partial charge in [0.15, 0.2) is 0 Å². The fourth-order valence-electron chi connectivity index (χ4n) is 2.95. The van der Waals surface area contributed by atoms with Gasteiger partial charge in [0.2, 0.25) is 0 Å². The summed E-state index contributed by atoms with van der Waals surface area (Å²) in [6.07, 6.45) is 0.998. The van der Waals surface area contributed by atoms with E-state index in [4.69, 9.17) is 4.74 Å². The highest BCUT2D eigenvalue weighted by Gasteiger charge is 2.23. The average Bonchev–Trinajstić information content (AvgIpc) is 2.56. The number of ether oxygens (including phenoxy) is 1. The highest BCUT2D eigenvalue weighted by atomic mass is 16.5. The van der Waals surface area contributed by atoms with Gasteiger partial charge < -0.3 is 15.4 Å². The molecule has 0 aliphatic carbocycles. The molecule has 1 saturated heterocycles. The molecule has 134 valence electrons. The molecule has 5 heteroatoms. The van der Waals surface area contributed by atoms with Gasteiger partial charge in [-0.1, -0.05) is 43.7 Å². The Morgan fingerprint density at radius 1 is 1.25 bits per heavy atom. The number of carbonyl (C=O) groups is 1. The molecule has 0 bridgehead atoms. The Labute approximate surface area is 145 Å². The molecule has 1 atom stereocenters. The Balaban J connectivity index is 1.94. The van der Waals surface area contributed by atoms with Gasteiger partial charge in [0.1, 0.15) is 0 Å². The molecule has 1 heterocycles. The van der Waals surface area contributed by atoms with E-state index in [1.54, 1.807) is 0 Å². The van der Waals surface area contributed by atoms with E-state index in [2.05, 4.69) is 60.6 Å². The Morgan fingerprint density at radius 3 is 2.67 bits per heavy atom. The van der Waals surface area contributed by atoms with Crippen molar-refractivity contribution in [3.05, 3.63) is 35.4 Å². The Bertz CT molecular complexity index is 513. The first-order valence-electron chi connectivity index (χ1n) is 8.96. The van der Waals surface area contributed by atoms with E-state index in [1.807, 2.05) is 0 Å². The molecule has 1 fully saturated rings. The van der Waals surface area contributed by atoms with Crippen molar-refractivity contribution in [2.24, 2.45) is 5.92 Å². The molecule has 1 aromatic carbocycles. The Kier molecular flexibility index (Phi) is 7.53. The average molecular weight is 333 g/mol. The number of carbonyl (C=O) groups excluding carboxylic acids is 1. The van der Waals surface area contributed by atoms with Crippen molar-refractivity contribution < 1.29 is 9.53 Å². The van der Waals surface area contributed by atoms with Gasteiger partial charge in [0.05, 0.1) is 19.3 Å². The number of aryl methyl sites for hydroxylation is 1. The fraction of sp³-hybridized carbons (Fsp3) is 0.632. The van der Waals surface area contributed by atoms with Crippen LogP contribution in [-0.4, -0.2) is 50.3 Å². The van der Waals surface area contributed by atoms with E-state index < -0.39 is 0 Å². The van der Waals surface area contributed by atoms with E-state index in [9.17, 15) is 4.79 Å². The van der Waals surface area contributed by atoms with Gasteiger partial charge in [-0.25, -0.2) is 4.79 Å². The first-order valence-corrected chi connectivity index (χ1v) is 8.96. The third-order valence-electron chi connectivity index (χ3n) is 4.38. The van der Waals surface area contributed by atoms with Crippen LogP contribution in [0.5, 0.6) is 0 Å². The largest absolute Gasteiger partial charge is 0.379 e. The summed E-state index contributed by atoms with van der Waals surface area (Å²) in [6.45, 7) is 11.0. The van der Waals surface area contributed by atoms with E-state index in [-0.39, 0.29) is 12.1 Å². The van der Waals surface area contributed by atoms with Crippen LogP contribution < -0.4 is 10.6 Å². The molecule has 1 aromatic rings. The number of nitrogens with one attached hydrogen (secondary N) is 2. The minimum atomic E-state index is -0.0819. The molecule has 2 amide bonds. The smallest absolute Gasteiger partial charge is 0.314 e. The second-order valence-corrected chi connectivity index (χ2v) is 6.90. The van der Waals surface area contributed by atoms with E-state index in [0.29, 0.717) is 12.5 Å². The predicted octanol–water partition coefficient (Wildman–Crippen LogP) is 2.71. The standard InChI is InChI=1S/C19H31N3O2/c1-15(2)7-8-20-19(23)21-14-18(22-9-11-24-12-10-22)17-6-4-5-16(3)13-17/h4-6,13,15,18H,7-12,14H2,1-3H3,(H2,20,21,23). The maximum atomic E-state index is 12.0. The number of morpholine rings is 1. The summed E-state index contributed by atoms with van der Waals surface area (Å²) in [5, 5.41) is 5.98. The maximum Gasteiger partial charge on any atom is 0.314 e. The van der Waals surface area contributed by atoms with E-state index >= 15 is 0 Å². The van der Waals surface area contributed by atoms with Gasteiger partial charge in [0, 0.05) is 26.2 Å². The van der Waals surface area contributed by atoms with Crippen LogP contribution in [0.25, 0.3) is 0 Å². The Hall–Kier alpha value is -1.59. The van der Waals surface area contributed by atoms with Crippen LogP contribution in [0.15, 0.2) is 24.3 Å². The minimum Gasteiger partial charge on any atom is -0.379 e. The van der Waals surface area contributed by atoms with Crippen LogP contribution in [0.2, 0.25) is 0 Å². The van der Waals surface area contributed by atoms with Gasteiger partial charge in [-0.3, -0.25) is 4.90 Å². The molecule has 0 radical (unpaired) electrons. The molecule has 5 nitrogen and oxygen atoms in total. The summed E-state index contributed by atoms with van der Waals surface area (Å²) in [4.78, 5) is 14.4. The molecule has 0 aromatic heterocycles. The van der Waals surface area contributed by atoms with Gasteiger partial charge in [-0.2, -0.15) is 0 Å². The zero-order valence-corrected chi connectivity index (χ0v) is 15.2. The predicted molar refractivity (Wildman–Crippen MR) is 97.2 cm³/mol. The van der Waals surface area contributed by atoms with Gasteiger partial charge in [-0.05, 0) is 24.8 Å². The number of urea groups is 1. The van der Waals surface area contributed by atoms with Crippen molar-refractivity contribution in [3.63, 3.8) is 0 Å². The summed E-state index contributed by atoms with van der Waals surface area (Å²) in [6, 6.07) is 8.64. The quantitative estimate of drug-likeness (QED) is 0.807. The third-order valence-corrected chi connectivity index (χ3v) is 4.38. The topological polar surface area (TPSA) is 53.6 Å². The zero-order chi connectivity index (χ0) is 17.4. The first-order chi connectivity index (χ1) is 11.6. The van der Waals surface area contributed by atoms with Crippen molar-refractivity contribution in [1.82, 2.24) is 15.5 Å². The fourth-order valence-corrected chi connectivity index (χ4v) is 2.95. The number of rotatable bonds is 7. The summed E-state index contributed by atoms with van der Waals surface area (Å²) in [5.74, 6) is 0.596. The monoisotopic (exact) mass is 333 g/mol. The summed E-state index contributed by atoms with van der Waals surface area (Å²) in [5.41, 5.74) is 2.49. The van der Waals surface area contributed by atoms with Crippen LogP contribution >= 0.6 is 0 Å². The molecule has 0 saturated carbocycles. The first kappa shape index (κ1) is 18.7. The number of hydrogen-bond donors (Lipinski definition) is 2. The van der Waals surface area contributed by atoms with Gasteiger partial charge in [-0.15, -0.1) is 0 Å². The Morgan fingerprint density at radius 2 is 2.00 bits per heavy atom. The summed E-state index contributed by atoms with van der Waals surface area (Å²) in [7, 11) is 0. The molecule has 0 spiro atoms. The summed E-state index contributed by atoms with van der Waals surface area (Å²) >= 11 is 0. The second-order valence-electron chi connectivity index (χ2n) is 6.90. The molecular weight excluding hydrogens is 302 g/mol. The van der Waals surface area contributed by atoms with E-state index in [1.165, 1.54) is 11.1 Å². The van der Waals surface area contributed by atoms with Gasteiger partial charge >= 0.3 is 6.03 Å². The second kappa shape index (κ2) is 9.64. The molecule has 24 heavy (non-hydrogen) atoms. The van der Waals surface area contributed by atoms with Crippen molar-refractivity contribution >= 4 is 6.03 Å². The van der Waals surface area contributed by atoms with Crippen LogP contribution in [0.1, 0.15) is 37.4 Å². The van der Waals surface area contributed by atoms with Crippen LogP contribution in [0.4, 0.5) is 4.79 Å². The molecule has 1 aliphatic rings. The van der Waals surface area contributed by atoms with Crippen molar-refractivity contribution in [2.45, 2.75) is 33.2 Å². The highest BCUT2D eigenvalue weighted by Crippen LogP contribution is 2.22. The van der Waals surface area contributed by atoms with Crippen LogP contribution in [-0.2, 0) is 4.74 Å². The van der Waals surface area contributed by atoms with Crippen molar-refractivity contribution in [2.75, 3.05) is 39.4 Å². The van der Waals surface area contributed by atoms with E-state index in [0.717, 1.165) is 39.3 Å². The van der Waals surface area contributed by atoms with Crippen molar-refractivity contribution in [3.8, 4) is 0 Å². The molecule has 1 unspecified atom stereocenters. The van der Waals surface area contributed by atoms with Crippen LogP contribution in [0, 0.1) is 12.8 Å². The number of nitrogens with zero attached hydrogens (tertiary/aromatic N) is 1. The third kappa shape index (κ3) is 6.13. The highest BCUT2D eigenvalue weighted by molar-refractivity contribution is 5.73.